The third-order valence-electron chi connectivity index (χ3n) is 3.77. The summed E-state index contributed by atoms with van der Waals surface area (Å²) in [4.78, 5) is 8.75. The van der Waals surface area contributed by atoms with E-state index in [1.54, 1.807) is 32.5 Å². The molecular formula is C19H19ClN4O2. The number of nitrogens with one attached hydrogen (secondary N) is 2. The molecule has 2 aromatic carbocycles. The molecule has 0 aliphatic carbocycles. The maximum Gasteiger partial charge on any atom is 0.229 e. The van der Waals surface area contributed by atoms with Crippen molar-refractivity contribution in [1.29, 1.82) is 0 Å². The van der Waals surface area contributed by atoms with E-state index in [0.29, 0.717) is 28.3 Å². The van der Waals surface area contributed by atoms with Crippen molar-refractivity contribution in [3.63, 3.8) is 0 Å². The molecule has 3 rings (SSSR count). The van der Waals surface area contributed by atoms with Gasteiger partial charge in [0.25, 0.3) is 0 Å². The second kappa shape index (κ2) is 7.93. The summed E-state index contributed by atoms with van der Waals surface area (Å²) >= 11 is 6.06. The second-order valence-corrected chi connectivity index (χ2v) is 5.98. The smallest absolute Gasteiger partial charge is 0.229 e. The highest BCUT2D eigenvalue weighted by Crippen LogP contribution is 2.31. The van der Waals surface area contributed by atoms with E-state index >= 15 is 0 Å². The minimum atomic E-state index is 0.466. The Morgan fingerprint density at radius 3 is 2.54 bits per heavy atom. The van der Waals surface area contributed by atoms with E-state index < -0.39 is 0 Å². The lowest BCUT2D eigenvalue weighted by Crippen LogP contribution is -2.02. The molecule has 3 aromatic rings. The van der Waals surface area contributed by atoms with Crippen LogP contribution in [0.25, 0.3) is 0 Å². The zero-order chi connectivity index (χ0) is 18.5. The third kappa shape index (κ3) is 4.15. The zero-order valence-electron chi connectivity index (χ0n) is 14.7. The summed E-state index contributed by atoms with van der Waals surface area (Å²) in [7, 11) is 3.22. The molecule has 0 radical (unpaired) electrons. The van der Waals surface area contributed by atoms with Gasteiger partial charge in [0.15, 0.2) is 0 Å². The fraction of sp³-hybridized carbons (Fsp3) is 0.158. The fourth-order valence-corrected chi connectivity index (χ4v) is 2.55. The Morgan fingerprint density at radius 2 is 1.77 bits per heavy atom. The molecule has 134 valence electrons. The molecule has 0 saturated carbocycles. The molecule has 7 heteroatoms. The first kappa shape index (κ1) is 17.8. The Morgan fingerprint density at radius 1 is 0.923 bits per heavy atom. The van der Waals surface area contributed by atoms with Crippen LogP contribution in [0.4, 0.5) is 23.1 Å². The summed E-state index contributed by atoms with van der Waals surface area (Å²) < 4.78 is 10.6. The monoisotopic (exact) mass is 370 g/mol. The van der Waals surface area contributed by atoms with Gasteiger partial charge in [0, 0.05) is 23.0 Å². The Balaban J connectivity index is 1.83. The number of methoxy groups -OCH3 is 2. The maximum absolute atomic E-state index is 6.06. The van der Waals surface area contributed by atoms with Crippen LogP contribution in [0.1, 0.15) is 5.56 Å². The number of ether oxygens (including phenoxy) is 2. The highest BCUT2D eigenvalue weighted by Gasteiger charge is 2.08. The topological polar surface area (TPSA) is 68.3 Å². The second-order valence-electron chi connectivity index (χ2n) is 5.54. The van der Waals surface area contributed by atoms with Gasteiger partial charge in [-0.2, -0.15) is 4.98 Å². The van der Waals surface area contributed by atoms with Crippen LogP contribution in [0.2, 0.25) is 5.02 Å². The molecule has 0 bridgehead atoms. The summed E-state index contributed by atoms with van der Waals surface area (Å²) in [5.74, 6) is 2.47. The minimum Gasteiger partial charge on any atom is -0.497 e. The van der Waals surface area contributed by atoms with Gasteiger partial charge in [0.05, 0.1) is 19.9 Å². The predicted molar refractivity (Wildman–Crippen MR) is 104 cm³/mol. The molecule has 0 saturated heterocycles. The van der Waals surface area contributed by atoms with Gasteiger partial charge in [-0.1, -0.05) is 17.7 Å². The number of aryl methyl sites for hydroxylation is 1. The van der Waals surface area contributed by atoms with Crippen LogP contribution in [0, 0.1) is 6.92 Å². The summed E-state index contributed by atoms with van der Waals surface area (Å²) in [6.07, 6.45) is 1.67. The molecule has 1 heterocycles. The average molecular weight is 371 g/mol. The quantitative estimate of drug-likeness (QED) is 0.640. The molecule has 0 amide bonds. The molecule has 2 N–H and O–H groups in total. The van der Waals surface area contributed by atoms with E-state index in [-0.39, 0.29) is 0 Å². The Labute approximate surface area is 157 Å². The van der Waals surface area contributed by atoms with Crippen LogP contribution in [-0.2, 0) is 0 Å². The van der Waals surface area contributed by atoms with Crippen molar-refractivity contribution in [3.8, 4) is 11.5 Å². The van der Waals surface area contributed by atoms with Crippen molar-refractivity contribution >= 4 is 34.7 Å². The zero-order valence-corrected chi connectivity index (χ0v) is 15.5. The fourth-order valence-electron chi connectivity index (χ4n) is 2.38. The molecule has 26 heavy (non-hydrogen) atoms. The number of rotatable bonds is 6. The Hall–Kier alpha value is -2.99. The number of aromatic nitrogens is 2. The maximum atomic E-state index is 6.06. The number of halogens is 1. The van der Waals surface area contributed by atoms with Crippen molar-refractivity contribution in [2.75, 3.05) is 24.9 Å². The Bertz CT molecular complexity index is 918. The highest BCUT2D eigenvalue weighted by molar-refractivity contribution is 6.30. The first-order chi connectivity index (χ1) is 12.6. The molecular weight excluding hydrogens is 352 g/mol. The van der Waals surface area contributed by atoms with Crippen molar-refractivity contribution in [3.05, 3.63) is 59.2 Å². The van der Waals surface area contributed by atoms with Crippen LogP contribution in [0.3, 0.4) is 0 Å². The van der Waals surface area contributed by atoms with E-state index in [1.165, 1.54) is 0 Å². The van der Waals surface area contributed by atoms with E-state index in [9.17, 15) is 0 Å². The molecule has 6 nitrogen and oxygen atoms in total. The molecule has 0 fully saturated rings. The van der Waals surface area contributed by atoms with Crippen LogP contribution in [-0.4, -0.2) is 24.2 Å². The largest absolute Gasteiger partial charge is 0.497 e. The summed E-state index contributed by atoms with van der Waals surface area (Å²) in [6.45, 7) is 1.99. The lowest BCUT2D eigenvalue weighted by molar-refractivity contribution is 0.395. The summed E-state index contributed by atoms with van der Waals surface area (Å²) in [5.41, 5.74) is 2.68. The first-order valence-electron chi connectivity index (χ1n) is 7.94. The van der Waals surface area contributed by atoms with Crippen molar-refractivity contribution in [2.24, 2.45) is 0 Å². The van der Waals surface area contributed by atoms with Crippen LogP contribution >= 0.6 is 11.6 Å². The van der Waals surface area contributed by atoms with Crippen LogP contribution < -0.4 is 20.1 Å². The van der Waals surface area contributed by atoms with Crippen LogP contribution in [0.15, 0.2) is 48.7 Å². The molecule has 0 spiro atoms. The van der Waals surface area contributed by atoms with Gasteiger partial charge in [-0.3, -0.25) is 0 Å². The van der Waals surface area contributed by atoms with Crippen LogP contribution in [0.5, 0.6) is 11.5 Å². The Kier molecular flexibility index (Phi) is 5.43. The molecule has 0 aliphatic heterocycles. The minimum absolute atomic E-state index is 0.466. The van der Waals surface area contributed by atoms with E-state index in [0.717, 1.165) is 16.9 Å². The molecule has 1 aromatic heterocycles. The lowest BCUT2D eigenvalue weighted by atomic mass is 10.2. The van der Waals surface area contributed by atoms with Gasteiger partial charge in [0.1, 0.15) is 17.3 Å². The van der Waals surface area contributed by atoms with E-state index in [1.807, 2.05) is 37.3 Å². The van der Waals surface area contributed by atoms with Gasteiger partial charge < -0.3 is 20.1 Å². The number of hydrogen-bond acceptors (Lipinski definition) is 6. The van der Waals surface area contributed by atoms with E-state index in [2.05, 4.69) is 20.6 Å². The van der Waals surface area contributed by atoms with Gasteiger partial charge in [-0.15, -0.1) is 0 Å². The van der Waals surface area contributed by atoms with Crippen molar-refractivity contribution in [2.45, 2.75) is 6.92 Å². The van der Waals surface area contributed by atoms with Crippen molar-refractivity contribution in [1.82, 2.24) is 9.97 Å². The summed E-state index contributed by atoms with van der Waals surface area (Å²) in [6, 6.07) is 12.9. The van der Waals surface area contributed by atoms with Gasteiger partial charge in [-0.25, -0.2) is 4.98 Å². The van der Waals surface area contributed by atoms with Gasteiger partial charge in [-0.05, 0) is 42.8 Å². The third-order valence-corrected chi connectivity index (χ3v) is 4.01. The normalized spacial score (nSPS) is 10.3. The molecule has 0 atom stereocenters. The SMILES string of the molecule is COc1ccc(Nc2ccnc(Nc3cc(Cl)ccc3C)n2)c(OC)c1. The summed E-state index contributed by atoms with van der Waals surface area (Å²) in [5, 5.41) is 7.07. The number of hydrogen-bond donors (Lipinski definition) is 2. The first-order valence-corrected chi connectivity index (χ1v) is 8.32. The number of benzene rings is 2. The van der Waals surface area contributed by atoms with Crippen molar-refractivity contribution < 1.29 is 9.47 Å². The van der Waals surface area contributed by atoms with Gasteiger partial charge >= 0.3 is 0 Å². The van der Waals surface area contributed by atoms with Gasteiger partial charge in [0.2, 0.25) is 5.95 Å². The van der Waals surface area contributed by atoms with E-state index in [4.69, 9.17) is 21.1 Å². The molecule has 0 aliphatic rings. The average Bonchev–Trinajstić information content (AvgIpc) is 2.65. The number of nitrogens with zero attached hydrogens (tertiary/aromatic N) is 2. The highest BCUT2D eigenvalue weighted by atomic mass is 35.5. The number of anilines is 4. The lowest BCUT2D eigenvalue weighted by Gasteiger charge is -2.13. The predicted octanol–water partition coefficient (Wildman–Crippen LogP) is 4.94. The standard InChI is InChI=1S/C19H19ClN4O2/c1-12-4-5-13(20)10-16(12)23-19-21-9-8-18(24-19)22-15-7-6-14(25-2)11-17(15)26-3/h4-11H,1-3H3,(H2,21,22,23,24). The molecule has 0 unspecified atom stereocenters.